The largest absolute Gasteiger partial charge is 0.496 e. The molecule has 0 amide bonds. The first-order chi connectivity index (χ1) is 7.17. The molecule has 1 rings (SSSR count). The molecule has 0 bridgehead atoms. The number of hydrogen-bond acceptors (Lipinski definition) is 2. The summed E-state index contributed by atoms with van der Waals surface area (Å²) >= 11 is 0. The van der Waals surface area contributed by atoms with E-state index in [2.05, 4.69) is 25.1 Å². The Balaban J connectivity index is 2.88. The molecule has 0 aliphatic heterocycles. The predicted molar refractivity (Wildman–Crippen MR) is 64.3 cm³/mol. The lowest BCUT2D eigenvalue weighted by Crippen LogP contribution is -2.18. The molecule has 1 unspecified atom stereocenters. The second-order valence-electron chi connectivity index (χ2n) is 4.08. The summed E-state index contributed by atoms with van der Waals surface area (Å²) in [5, 5.41) is 0. The van der Waals surface area contributed by atoms with E-state index in [0.717, 1.165) is 25.0 Å². The van der Waals surface area contributed by atoms with E-state index in [1.54, 1.807) is 7.11 Å². The molecule has 84 valence electrons. The van der Waals surface area contributed by atoms with Gasteiger partial charge >= 0.3 is 0 Å². The Morgan fingerprint density at radius 1 is 1.40 bits per heavy atom. The lowest BCUT2D eigenvalue weighted by molar-refractivity contribution is 0.408. The normalized spacial score (nSPS) is 12.5. The third kappa shape index (κ3) is 3.56. The number of rotatable bonds is 5. The molecule has 0 aliphatic rings. The van der Waals surface area contributed by atoms with Crippen molar-refractivity contribution < 1.29 is 4.74 Å². The van der Waals surface area contributed by atoms with Crippen molar-refractivity contribution in [3.8, 4) is 5.75 Å². The van der Waals surface area contributed by atoms with Gasteiger partial charge < -0.3 is 10.5 Å². The van der Waals surface area contributed by atoms with Crippen LogP contribution in [0.2, 0.25) is 0 Å². The highest BCUT2D eigenvalue weighted by molar-refractivity contribution is 5.38. The molecule has 0 heterocycles. The molecule has 0 fully saturated rings. The number of nitrogens with two attached hydrogens (primary N) is 1. The van der Waals surface area contributed by atoms with Crippen molar-refractivity contribution in [2.45, 2.75) is 39.2 Å². The van der Waals surface area contributed by atoms with Gasteiger partial charge in [-0.05, 0) is 37.0 Å². The number of aryl methyl sites for hydroxylation is 1. The Morgan fingerprint density at radius 3 is 2.67 bits per heavy atom. The standard InChI is InChI=1S/C13H21NO/c1-4-5-11-6-7-12(8-10(2)14)13(9-11)15-3/h6-7,9-10H,4-5,8,14H2,1-3H3. The molecule has 2 nitrogen and oxygen atoms in total. The summed E-state index contributed by atoms with van der Waals surface area (Å²) in [6.07, 6.45) is 3.14. The molecule has 0 saturated heterocycles. The maximum atomic E-state index is 5.79. The summed E-state index contributed by atoms with van der Waals surface area (Å²) in [7, 11) is 1.72. The molecule has 0 saturated carbocycles. The first kappa shape index (κ1) is 12.1. The lowest BCUT2D eigenvalue weighted by Gasteiger charge is -2.12. The van der Waals surface area contributed by atoms with Gasteiger partial charge in [-0.2, -0.15) is 0 Å². The average Bonchev–Trinajstić information content (AvgIpc) is 2.20. The van der Waals surface area contributed by atoms with Crippen LogP contribution in [0, 0.1) is 0 Å². The number of hydrogen-bond donors (Lipinski definition) is 1. The van der Waals surface area contributed by atoms with E-state index in [-0.39, 0.29) is 6.04 Å². The Morgan fingerprint density at radius 2 is 2.13 bits per heavy atom. The van der Waals surface area contributed by atoms with Gasteiger partial charge in [-0.15, -0.1) is 0 Å². The zero-order valence-corrected chi connectivity index (χ0v) is 9.92. The van der Waals surface area contributed by atoms with E-state index in [1.165, 1.54) is 11.1 Å². The van der Waals surface area contributed by atoms with Crippen molar-refractivity contribution in [3.63, 3.8) is 0 Å². The van der Waals surface area contributed by atoms with Gasteiger partial charge in [-0.3, -0.25) is 0 Å². The highest BCUT2D eigenvalue weighted by atomic mass is 16.5. The van der Waals surface area contributed by atoms with E-state index in [0.29, 0.717) is 0 Å². The van der Waals surface area contributed by atoms with Crippen molar-refractivity contribution in [1.82, 2.24) is 0 Å². The van der Waals surface area contributed by atoms with Crippen LogP contribution in [-0.2, 0) is 12.8 Å². The first-order valence-corrected chi connectivity index (χ1v) is 5.58. The van der Waals surface area contributed by atoms with Gasteiger partial charge in [0.1, 0.15) is 5.75 Å². The third-order valence-corrected chi connectivity index (χ3v) is 2.43. The zero-order valence-electron chi connectivity index (χ0n) is 9.92. The van der Waals surface area contributed by atoms with E-state index in [9.17, 15) is 0 Å². The van der Waals surface area contributed by atoms with Gasteiger partial charge in [-0.25, -0.2) is 0 Å². The fraction of sp³-hybridized carbons (Fsp3) is 0.538. The van der Waals surface area contributed by atoms with Crippen LogP contribution in [0.1, 0.15) is 31.4 Å². The minimum Gasteiger partial charge on any atom is -0.496 e. The SMILES string of the molecule is CCCc1ccc(CC(C)N)c(OC)c1. The van der Waals surface area contributed by atoms with Crippen LogP contribution in [0.4, 0.5) is 0 Å². The second-order valence-corrected chi connectivity index (χ2v) is 4.08. The molecule has 0 aromatic heterocycles. The van der Waals surface area contributed by atoms with E-state index >= 15 is 0 Å². The fourth-order valence-electron chi connectivity index (χ4n) is 1.75. The molecule has 15 heavy (non-hydrogen) atoms. The maximum absolute atomic E-state index is 5.79. The first-order valence-electron chi connectivity index (χ1n) is 5.58. The van der Waals surface area contributed by atoms with Crippen LogP contribution in [0.25, 0.3) is 0 Å². The predicted octanol–water partition coefficient (Wildman–Crippen LogP) is 2.54. The van der Waals surface area contributed by atoms with Crippen molar-refractivity contribution >= 4 is 0 Å². The lowest BCUT2D eigenvalue weighted by atomic mass is 10.0. The molecule has 0 radical (unpaired) electrons. The second kappa shape index (κ2) is 5.76. The van der Waals surface area contributed by atoms with Gasteiger partial charge in [0.15, 0.2) is 0 Å². The van der Waals surface area contributed by atoms with Crippen LogP contribution in [0.15, 0.2) is 18.2 Å². The van der Waals surface area contributed by atoms with Gasteiger partial charge in [0.05, 0.1) is 7.11 Å². The van der Waals surface area contributed by atoms with Gasteiger partial charge in [-0.1, -0.05) is 25.5 Å². The van der Waals surface area contributed by atoms with E-state index in [4.69, 9.17) is 10.5 Å². The van der Waals surface area contributed by atoms with Crippen LogP contribution >= 0.6 is 0 Å². The Labute approximate surface area is 92.4 Å². The minimum absolute atomic E-state index is 0.177. The summed E-state index contributed by atoms with van der Waals surface area (Å²) in [5.41, 5.74) is 8.33. The maximum Gasteiger partial charge on any atom is 0.122 e. The summed E-state index contributed by atoms with van der Waals surface area (Å²) < 4.78 is 5.38. The minimum atomic E-state index is 0.177. The van der Waals surface area contributed by atoms with Gasteiger partial charge in [0.25, 0.3) is 0 Å². The number of ether oxygens (including phenoxy) is 1. The number of methoxy groups -OCH3 is 1. The van der Waals surface area contributed by atoms with Crippen LogP contribution < -0.4 is 10.5 Å². The zero-order chi connectivity index (χ0) is 11.3. The molecule has 0 spiro atoms. The Hall–Kier alpha value is -1.02. The molecular weight excluding hydrogens is 186 g/mol. The van der Waals surface area contributed by atoms with Crippen molar-refractivity contribution in [1.29, 1.82) is 0 Å². The van der Waals surface area contributed by atoms with Crippen LogP contribution in [0.5, 0.6) is 5.75 Å². The average molecular weight is 207 g/mol. The fourth-order valence-corrected chi connectivity index (χ4v) is 1.75. The molecule has 1 aromatic carbocycles. The number of benzene rings is 1. The topological polar surface area (TPSA) is 35.2 Å². The van der Waals surface area contributed by atoms with Crippen molar-refractivity contribution in [2.75, 3.05) is 7.11 Å². The Bertz CT molecular complexity index is 307. The van der Waals surface area contributed by atoms with Gasteiger partial charge in [0.2, 0.25) is 0 Å². The molecule has 2 heteroatoms. The summed E-state index contributed by atoms with van der Waals surface area (Å²) in [4.78, 5) is 0. The van der Waals surface area contributed by atoms with Gasteiger partial charge in [0, 0.05) is 6.04 Å². The van der Waals surface area contributed by atoms with E-state index < -0.39 is 0 Å². The smallest absolute Gasteiger partial charge is 0.122 e. The summed E-state index contributed by atoms with van der Waals surface area (Å²) in [6, 6.07) is 6.61. The molecule has 0 aliphatic carbocycles. The van der Waals surface area contributed by atoms with Crippen LogP contribution in [0.3, 0.4) is 0 Å². The molecular formula is C13H21NO. The monoisotopic (exact) mass is 207 g/mol. The van der Waals surface area contributed by atoms with E-state index in [1.807, 2.05) is 6.92 Å². The van der Waals surface area contributed by atoms with Crippen LogP contribution in [-0.4, -0.2) is 13.2 Å². The molecule has 2 N–H and O–H groups in total. The Kier molecular flexibility index (Phi) is 4.63. The molecule has 1 aromatic rings. The quantitative estimate of drug-likeness (QED) is 0.805. The summed E-state index contributed by atoms with van der Waals surface area (Å²) in [5.74, 6) is 0.971. The highest BCUT2D eigenvalue weighted by Crippen LogP contribution is 2.22. The third-order valence-electron chi connectivity index (χ3n) is 2.43. The highest BCUT2D eigenvalue weighted by Gasteiger charge is 2.06. The van der Waals surface area contributed by atoms with Crippen molar-refractivity contribution in [2.24, 2.45) is 5.73 Å². The van der Waals surface area contributed by atoms with Crippen molar-refractivity contribution in [3.05, 3.63) is 29.3 Å². The summed E-state index contributed by atoms with van der Waals surface area (Å²) in [6.45, 7) is 4.20. The molecule has 1 atom stereocenters.